The second-order valence-corrected chi connectivity index (χ2v) is 7.14. The van der Waals surface area contributed by atoms with Crippen molar-refractivity contribution in [3.8, 4) is 11.3 Å². The predicted molar refractivity (Wildman–Crippen MR) is 103 cm³/mol. The number of carbonyl (C=O) groups excluding carboxylic acids is 2. The molecule has 1 saturated heterocycles. The van der Waals surface area contributed by atoms with E-state index in [2.05, 4.69) is 20.6 Å². The number of hydrogen-bond acceptors (Lipinski definition) is 5. The summed E-state index contributed by atoms with van der Waals surface area (Å²) in [4.78, 5) is 33.6. The average Bonchev–Trinajstić information content (AvgIpc) is 2.66. The first-order valence-corrected chi connectivity index (χ1v) is 9.24. The molecule has 9 heteroatoms. The zero-order chi connectivity index (χ0) is 20.4. The number of rotatable bonds is 3. The van der Waals surface area contributed by atoms with Crippen LogP contribution < -0.4 is 10.6 Å². The molecule has 0 bridgehead atoms. The molecule has 7 nitrogen and oxygen atoms in total. The Labute approximate surface area is 167 Å². The van der Waals surface area contributed by atoms with Gasteiger partial charge in [-0.25, -0.2) is 9.97 Å². The Balaban J connectivity index is 2.04. The number of aromatic nitrogens is 2. The number of amides is 2. The summed E-state index contributed by atoms with van der Waals surface area (Å²) in [5.41, 5.74) is 1.50. The van der Waals surface area contributed by atoms with Crippen molar-refractivity contribution in [1.29, 1.82) is 0 Å². The lowest BCUT2D eigenvalue weighted by Gasteiger charge is -2.39. The van der Waals surface area contributed by atoms with Crippen molar-refractivity contribution < 1.29 is 14.0 Å². The summed E-state index contributed by atoms with van der Waals surface area (Å²) < 4.78 is 14.0. The minimum atomic E-state index is -0.794. The summed E-state index contributed by atoms with van der Waals surface area (Å²) in [6, 6.07) is 6.06. The second-order valence-electron chi connectivity index (χ2n) is 6.75. The number of halogens is 2. The van der Waals surface area contributed by atoms with Crippen molar-refractivity contribution >= 4 is 23.4 Å². The van der Waals surface area contributed by atoms with Gasteiger partial charge in [-0.3, -0.25) is 9.59 Å². The average molecular weight is 406 g/mol. The third-order valence-corrected chi connectivity index (χ3v) is 4.86. The van der Waals surface area contributed by atoms with E-state index in [9.17, 15) is 14.0 Å². The fourth-order valence-corrected chi connectivity index (χ4v) is 3.52. The molecule has 0 radical (unpaired) electrons. The highest BCUT2D eigenvalue weighted by Crippen LogP contribution is 2.29. The number of hydrogen-bond donors (Lipinski definition) is 2. The molecular weight excluding hydrogens is 385 g/mol. The maximum absolute atomic E-state index is 14.0. The van der Waals surface area contributed by atoms with E-state index in [1.165, 1.54) is 26.1 Å². The van der Waals surface area contributed by atoms with Gasteiger partial charge in [-0.2, -0.15) is 4.39 Å². The van der Waals surface area contributed by atoms with E-state index in [-0.39, 0.29) is 28.8 Å². The molecule has 2 unspecified atom stereocenters. The van der Waals surface area contributed by atoms with Crippen molar-refractivity contribution in [3.05, 3.63) is 46.6 Å². The van der Waals surface area contributed by atoms with Crippen LogP contribution in [0.2, 0.25) is 5.15 Å². The van der Waals surface area contributed by atoms with Gasteiger partial charge in [0.1, 0.15) is 10.8 Å². The fourth-order valence-electron chi connectivity index (χ4n) is 3.30. The number of nitrogens with zero attached hydrogens (tertiary/aromatic N) is 3. The number of pyridine rings is 2. The normalized spacial score (nSPS) is 19.4. The van der Waals surface area contributed by atoms with E-state index in [1.54, 1.807) is 17.0 Å². The van der Waals surface area contributed by atoms with Crippen LogP contribution in [0.5, 0.6) is 0 Å². The zero-order valence-electron chi connectivity index (χ0n) is 15.8. The Morgan fingerprint density at radius 1 is 1.29 bits per heavy atom. The standard InChI is InChI=1S/C19H21ClFN5O2/c1-10-9-26(11(2)27)16(8-23-10)13-5-14(24-17(20)6-13)12-4-15(19(28)22-3)25-18(21)7-12/h4-7,10,16,23H,8-9H2,1-3H3,(H,22,28). The highest BCUT2D eigenvalue weighted by molar-refractivity contribution is 6.29. The number of nitrogens with one attached hydrogen (secondary N) is 2. The highest BCUT2D eigenvalue weighted by atomic mass is 35.5. The van der Waals surface area contributed by atoms with Crippen LogP contribution in [-0.4, -0.2) is 52.9 Å². The number of piperazine rings is 1. The molecule has 0 aliphatic carbocycles. The van der Waals surface area contributed by atoms with Crippen molar-refractivity contribution in [1.82, 2.24) is 25.5 Å². The first kappa shape index (κ1) is 20.2. The topological polar surface area (TPSA) is 87.2 Å². The van der Waals surface area contributed by atoms with Crippen LogP contribution in [0.25, 0.3) is 11.3 Å². The maximum atomic E-state index is 14.0. The minimum absolute atomic E-state index is 0.0373. The van der Waals surface area contributed by atoms with Gasteiger partial charge < -0.3 is 15.5 Å². The molecule has 1 aliphatic heterocycles. The maximum Gasteiger partial charge on any atom is 0.269 e. The Morgan fingerprint density at radius 2 is 2.04 bits per heavy atom. The Kier molecular flexibility index (Phi) is 5.90. The molecule has 2 aromatic rings. The van der Waals surface area contributed by atoms with E-state index in [1.807, 2.05) is 6.92 Å². The Bertz CT molecular complexity index is 923. The molecule has 0 aromatic carbocycles. The van der Waals surface area contributed by atoms with E-state index < -0.39 is 11.9 Å². The Morgan fingerprint density at radius 3 is 2.71 bits per heavy atom. The van der Waals surface area contributed by atoms with E-state index in [0.29, 0.717) is 24.3 Å². The molecule has 148 valence electrons. The Hall–Kier alpha value is -2.58. The van der Waals surface area contributed by atoms with Gasteiger partial charge in [-0.15, -0.1) is 0 Å². The molecule has 0 saturated carbocycles. The van der Waals surface area contributed by atoms with Gasteiger partial charge in [-0.1, -0.05) is 11.6 Å². The molecule has 3 rings (SSSR count). The largest absolute Gasteiger partial charge is 0.354 e. The summed E-state index contributed by atoms with van der Waals surface area (Å²) in [5, 5.41) is 5.99. The van der Waals surface area contributed by atoms with Gasteiger partial charge >= 0.3 is 0 Å². The van der Waals surface area contributed by atoms with Gasteiger partial charge in [0.2, 0.25) is 11.9 Å². The summed E-state index contributed by atoms with van der Waals surface area (Å²) in [5.74, 6) is -1.33. The summed E-state index contributed by atoms with van der Waals surface area (Å²) in [7, 11) is 1.44. The molecular formula is C19H21ClFN5O2. The molecule has 0 spiro atoms. The monoisotopic (exact) mass is 405 g/mol. The van der Waals surface area contributed by atoms with Crippen LogP contribution in [0, 0.1) is 5.95 Å². The SMILES string of the molecule is CNC(=O)c1cc(-c2cc(C3CNC(C)CN3C(C)=O)cc(Cl)n2)cc(F)n1. The lowest BCUT2D eigenvalue weighted by atomic mass is 10.00. The third kappa shape index (κ3) is 4.28. The molecule has 28 heavy (non-hydrogen) atoms. The van der Waals surface area contributed by atoms with Crippen molar-refractivity contribution in [2.75, 3.05) is 20.1 Å². The van der Waals surface area contributed by atoms with Gasteiger partial charge in [0, 0.05) is 44.7 Å². The molecule has 2 amide bonds. The van der Waals surface area contributed by atoms with Crippen LogP contribution in [0.4, 0.5) is 4.39 Å². The minimum Gasteiger partial charge on any atom is -0.354 e. The summed E-state index contributed by atoms with van der Waals surface area (Å²) >= 11 is 6.22. The quantitative estimate of drug-likeness (QED) is 0.764. The van der Waals surface area contributed by atoms with Crippen molar-refractivity contribution in [2.24, 2.45) is 0 Å². The second kappa shape index (κ2) is 8.20. The van der Waals surface area contributed by atoms with Gasteiger partial charge in [-0.05, 0) is 30.7 Å². The van der Waals surface area contributed by atoms with E-state index in [4.69, 9.17) is 11.6 Å². The fraction of sp³-hybridized carbons (Fsp3) is 0.368. The first-order valence-electron chi connectivity index (χ1n) is 8.86. The smallest absolute Gasteiger partial charge is 0.269 e. The van der Waals surface area contributed by atoms with Crippen molar-refractivity contribution in [3.63, 3.8) is 0 Å². The number of carbonyl (C=O) groups is 2. The predicted octanol–water partition coefficient (Wildman–Crippen LogP) is 2.18. The van der Waals surface area contributed by atoms with Gasteiger partial charge in [0.25, 0.3) is 5.91 Å². The van der Waals surface area contributed by atoms with Crippen LogP contribution in [0.3, 0.4) is 0 Å². The van der Waals surface area contributed by atoms with E-state index >= 15 is 0 Å². The molecule has 1 aliphatic rings. The van der Waals surface area contributed by atoms with Crippen molar-refractivity contribution in [2.45, 2.75) is 25.9 Å². The van der Waals surface area contributed by atoms with Crippen LogP contribution in [0.15, 0.2) is 24.3 Å². The molecule has 2 aromatic heterocycles. The molecule has 2 N–H and O–H groups in total. The lowest BCUT2D eigenvalue weighted by Crippen LogP contribution is -2.52. The third-order valence-electron chi connectivity index (χ3n) is 4.66. The van der Waals surface area contributed by atoms with Crippen LogP contribution in [0.1, 0.15) is 35.9 Å². The zero-order valence-corrected chi connectivity index (χ0v) is 16.5. The summed E-state index contributed by atoms with van der Waals surface area (Å²) in [6.45, 7) is 4.68. The highest BCUT2D eigenvalue weighted by Gasteiger charge is 2.29. The van der Waals surface area contributed by atoms with Crippen LogP contribution in [-0.2, 0) is 4.79 Å². The first-order chi connectivity index (χ1) is 13.3. The summed E-state index contributed by atoms with van der Waals surface area (Å²) in [6.07, 6.45) is 0. The van der Waals surface area contributed by atoms with E-state index in [0.717, 1.165) is 5.56 Å². The molecule has 3 heterocycles. The van der Waals surface area contributed by atoms with Crippen LogP contribution >= 0.6 is 11.6 Å². The molecule has 2 atom stereocenters. The lowest BCUT2D eigenvalue weighted by molar-refractivity contribution is -0.132. The molecule has 1 fully saturated rings. The van der Waals surface area contributed by atoms with Gasteiger partial charge in [0.05, 0.1) is 11.7 Å². The van der Waals surface area contributed by atoms with Gasteiger partial charge in [0.15, 0.2) is 0 Å².